The smallest absolute Gasteiger partial charge is 0.180 e. The molecular formula is C13H21NO4. The molecule has 0 aromatic carbocycles. The Labute approximate surface area is 108 Å². The van der Waals surface area contributed by atoms with Crippen molar-refractivity contribution in [2.75, 3.05) is 7.11 Å². The van der Waals surface area contributed by atoms with Crippen molar-refractivity contribution in [1.29, 1.82) is 5.26 Å². The largest absolute Gasteiger partial charge is 0.369 e. The van der Waals surface area contributed by atoms with Crippen molar-refractivity contribution < 1.29 is 19.3 Å². The van der Waals surface area contributed by atoms with E-state index in [0.29, 0.717) is 12.8 Å². The Morgan fingerprint density at radius 2 is 2.33 bits per heavy atom. The number of aliphatic hydroxyl groups excluding tert-OH is 1. The number of hydrogen-bond acceptors (Lipinski definition) is 5. The van der Waals surface area contributed by atoms with Gasteiger partial charge >= 0.3 is 0 Å². The maximum atomic E-state index is 9.68. The Hall–Kier alpha value is -0.670. The lowest BCUT2D eigenvalue weighted by atomic mass is 9.87. The van der Waals surface area contributed by atoms with E-state index < -0.39 is 6.29 Å². The van der Waals surface area contributed by atoms with Gasteiger partial charge in [0.05, 0.1) is 23.9 Å². The minimum Gasteiger partial charge on any atom is -0.369 e. The Morgan fingerprint density at radius 3 is 3.00 bits per heavy atom. The normalized spacial score (nSPS) is 41.1. The molecule has 0 aromatic heterocycles. The highest BCUT2D eigenvalue weighted by molar-refractivity contribution is 4.99. The molecule has 5 heteroatoms. The molecule has 1 N–H and O–H groups in total. The van der Waals surface area contributed by atoms with Crippen LogP contribution in [-0.4, -0.2) is 42.4 Å². The molecule has 2 aliphatic rings. The van der Waals surface area contributed by atoms with Crippen molar-refractivity contribution in [3.63, 3.8) is 0 Å². The molecule has 4 unspecified atom stereocenters. The molecule has 2 heterocycles. The number of fused-ring (bicyclic) bond motifs is 1. The first kappa shape index (κ1) is 13.8. The summed E-state index contributed by atoms with van der Waals surface area (Å²) in [7, 11) is 1.47. The second-order valence-electron chi connectivity index (χ2n) is 5.32. The fraction of sp³-hybridized carbons (Fsp3) is 0.923. The first-order chi connectivity index (χ1) is 8.59. The lowest BCUT2D eigenvalue weighted by molar-refractivity contribution is -0.178. The molecule has 0 saturated carbocycles. The van der Waals surface area contributed by atoms with Crippen LogP contribution >= 0.6 is 0 Å². The van der Waals surface area contributed by atoms with Gasteiger partial charge in [0, 0.05) is 20.0 Å². The summed E-state index contributed by atoms with van der Waals surface area (Å²) >= 11 is 0. The molecule has 0 amide bonds. The van der Waals surface area contributed by atoms with Crippen molar-refractivity contribution in [3.8, 4) is 6.07 Å². The number of methoxy groups -OCH3 is 1. The van der Waals surface area contributed by atoms with E-state index in [9.17, 15) is 5.11 Å². The van der Waals surface area contributed by atoms with Crippen LogP contribution in [0.25, 0.3) is 0 Å². The summed E-state index contributed by atoms with van der Waals surface area (Å²) < 4.78 is 16.8. The minimum absolute atomic E-state index is 0.0191. The average molecular weight is 255 g/mol. The predicted molar refractivity (Wildman–Crippen MR) is 63.7 cm³/mol. The van der Waals surface area contributed by atoms with E-state index in [-0.39, 0.29) is 23.9 Å². The van der Waals surface area contributed by atoms with E-state index >= 15 is 0 Å². The zero-order valence-corrected chi connectivity index (χ0v) is 11.0. The molecule has 2 saturated heterocycles. The third kappa shape index (κ3) is 2.67. The molecule has 2 aliphatic heterocycles. The molecule has 5 nitrogen and oxygen atoms in total. The molecule has 18 heavy (non-hydrogen) atoms. The van der Waals surface area contributed by atoms with Gasteiger partial charge in [-0.15, -0.1) is 0 Å². The molecular weight excluding hydrogens is 234 g/mol. The second-order valence-corrected chi connectivity index (χ2v) is 5.32. The molecule has 0 spiro atoms. The third-order valence-corrected chi connectivity index (χ3v) is 3.95. The zero-order valence-electron chi connectivity index (χ0n) is 11.0. The van der Waals surface area contributed by atoms with E-state index in [4.69, 9.17) is 19.5 Å². The summed E-state index contributed by atoms with van der Waals surface area (Å²) in [6, 6.07) is 2.15. The van der Waals surface area contributed by atoms with Crippen molar-refractivity contribution in [2.45, 2.75) is 69.2 Å². The van der Waals surface area contributed by atoms with Gasteiger partial charge in [0.25, 0.3) is 0 Å². The van der Waals surface area contributed by atoms with Gasteiger partial charge in [0.15, 0.2) is 6.29 Å². The standard InChI is InChI=1S/C13H21NO4/c1-13-8-10(12(15)16-2)17-11(13)6-5-9(18-13)4-3-7-14/h9-12,15H,3-6,8H2,1-2H3/t9?,10?,11-,12?,13?/m0/s1. The van der Waals surface area contributed by atoms with E-state index in [1.165, 1.54) is 7.11 Å². The molecule has 0 aromatic rings. The van der Waals surface area contributed by atoms with Crippen molar-refractivity contribution in [3.05, 3.63) is 0 Å². The summed E-state index contributed by atoms with van der Waals surface area (Å²) in [4.78, 5) is 0. The number of ether oxygens (including phenoxy) is 3. The third-order valence-electron chi connectivity index (χ3n) is 3.95. The second kappa shape index (κ2) is 5.54. The number of nitriles is 1. The molecule has 2 fully saturated rings. The monoisotopic (exact) mass is 255 g/mol. The van der Waals surface area contributed by atoms with Gasteiger partial charge in [-0.05, 0) is 26.2 Å². The van der Waals surface area contributed by atoms with Crippen LogP contribution in [0.4, 0.5) is 0 Å². The zero-order chi connectivity index (χ0) is 13.2. The van der Waals surface area contributed by atoms with Crippen LogP contribution in [0.5, 0.6) is 0 Å². The Balaban J connectivity index is 1.95. The summed E-state index contributed by atoms with van der Waals surface area (Å²) in [6.07, 6.45) is 2.70. The number of hydrogen-bond donors (Lipinski definition) is 1. The predicted octanol–water partition coefficient (Wildman–Crippen LogP) is 1.35. The number of rotatable bonds is 4. The maximum absolute atomic E-state index is 9.68. The highest BCUT2D eigenvalue weighted by atomic mass is 16.6. The van der Waals surface area contributed by atoms with Crippen LogP contribution in [0, 0.1) is 11.3 Å². The summed E-state index contributed by atoms with van der Waals surface area (Å²) in [5, 5.41) is 18.3. The van der Waals surface area contributed by atoms with E-state index in [2.05, 4.69) is 6.07 Å². The van der Waals surface area contributed by atoms with Crippen LogP contribution < -0.4 is 0 Å². The van der Waals surface area contributed by atoms with Crippen LogP contribution in [0.2, 0.25) is 0 Å². The van der Waals surface area contributed by atoms with Crippen LogP contribution in [0.3, 0.4) is 0 Å². The number of nitrogens with zero attached hydrogens (tertiary/aromatic N) is 1. The van der Waals surface area contributed by atoms with Crippen LogP contribution in [-0.2, 0) is 14.2 Å². The topological polar surface area (TPSA) is 71.7 Å². The van der Waals surface area contributed by atoms with Gasteiger partial charge in [-0.2, -0.15) is 5.26 Å². The van der Waals surface area contributed by atoms with Crippen molar-refractivity contribution in [1.82, 2.24) is 0 Å². The SMILES string of the molecule is COC(O)C1CC2(C)OC(CCC#N)CC[C@@H]2O1. The van der Waals surface area contributed by atoms with Crippen LogP contribution in [0.15, 0.2) is 0 Å². The van der Waals surface area contributed by atoms with Crippen molar-refractivity contribution >= 4 is 0 Å². The van der Waals surface area contributed by atoms with Gasteiger partial charge < -0.3 is 19.3 Å². The molecule has 102 valence electrons. The van der Waals surface area contributed by atoms with Gasteiger partial charge in [-0.25, -0.2) is 0 Å². The summed E-state index contributed by atoms with van der Waals surface area (Å²) in [5.74, 6) is 0. The number of aliphatic hydroxyl groups is 1. The van der Waals surface area contributed by atoms with Gasteiger partial charge in [-0.3, -0.25) is 0 Å². The molecule has 5 atom stereocenters. The Bertz CT molecular complexity index is 329. The summed E-state index contributed by atoms with van der Waals surface area (Å²) in [5.41, 5.74) is -0.359. The molecule has 0 bridgehead atoms. The average Bonchev–Trinajstić information content (AvgIpc) is 2.71. The summed E-state index contributed by atoms with van der Waals surface area (Å²) in [6.45, 7) is 2.03. The Morgan fingerprint density at radius 1 is 1.56 bits per heavy atom. The van der Waals surface area contributed by atoms with Gasteiger partial charge in [0.2, 0.25) is 0 Å². The highest BCUT2D eigenvalue weighted by Crippen LogP contribution is 2.42. The minimum atomic E-state index is -0.895. The van der Waals surface area contributed by atoms with Crippen molar-refractivity contribution in [2.24, 2.45) is 0 Å². The lowest BCUT2D eigenvalue weighted by Crippen LogP contribution is -2.45. The van der Waals surface area contributed by atoms with Gasteiger partial charge in [0.1, 0.15) is 6.10 Å². The lowest BCUT2D eigenvalue weighted by Gasteiger charge is -2.39. The fourth-order valence-corrected chi connectivity index (χ4v) is 2.96. The van der Waals surface area contributed by atoms with E-state index in [1.54, 1.807) is 0 Å². The fourth-order valence-electron chi connectivity index (χ4n) is 2.96. The maximum Gasteiger partial charge on any atom is 0.180 e. The molecule has 0 aliphatic carbocycles. The quantitative estimate of drug-likeness (QED) is 0.768. The molecule has 2 rings (SSSR count). The Kier molecular flexibility index (Phi) is 4.23. The van der Waals surface area contributed by atoms with E-state index in [1.807, 2.05) is 6.92 Å². The van der Waals surface area contributed by atoms with Crippen LogP contribution in [0.1, 0.15) is 39.0 Å². The highest BCUT2D eigenvalue weighted by Gasteiger charge is 2.51. The first-order valence-electron chi connectivity index (χ1n) is 6.50. The van der Waals surface area contributed by atoms with Gasteiger partial charge in [-0.1, -0.05) is 0 Å². The first-order valence-corrected chi connectivity index (χ1v) is 6.50. The molecule has 0 radical (unpaired) electrons. The van der Waals surface area contributed by atoms with E-state index in [0.717, 1.165) is 19.3 Å².